The van der Waals surface area contributed by atoms with Gasteiger partial charge in [0, 0.05) is 0 Å². The Labute approximate surface area is 123 Å². The molecule has 0 nitrogen and oxygen atoms in total. The van der Waals surface area contributed by atoms with Gasteiger partial charge < -0.3 is 0 Å². The fourth-order valence-corrected chi connectivity index (χ4v) is 18.1. The molecule has 0 unspecified atom stereocenters. The predicted octanol–water partition coefficient (Wildman–Crippen LogP) is 6.57. The molecular weight excluding hydrogens is 382 g/mol. The second kappa shape index (κ2) is 8.79. The van der Waals surface area contributed by atoms with Crippen LogP contribution in [-0.4, -0.2) is 28.5 Å². The molecule has 0 radical (unpaired) electrons. The maximum absolute atomic E-state index is 14.2. The molecule has 0 spiro atoms. The number of hydrogen-bond acceptors (Lipinski definition) is 0. The van der Waals surface area contributed by atoms with Crippen molar-refractivity contribution in [3.8, 4) is 0 Å². The van der Waals surface area contributed by atoms with Crippen LogP contribution >= 0.6 is 0 Å². The van der Waals surface area contributed by atoms with Gasteiger partial charge >= 0.3 is 123 Å². The summed E-state index contributed by atoms with van der Waals surface area (Å²) in [6, 6.07) is 0. The van der Waals surface area contributed by atoms with Crippen molar-refractivity contribution < 1.29 is 22.0 Å². The van der Waals surface area contributed by atoms with Crippen LogP contribution in [0.5, 0.6) is 0 Å². The molecule has 0 bridgehead atoms. The Bertz CT molecular complexity index is 241. The van der Waals surface area contributed by atoms with Crippen LogP contribution < -0.4 is 0 Å². The normalized spacial score (nSPS) is 13.8. The fourth-order valence-electron chi connectivity index (χ4n) is 2.69. The van der Waals surface area contributed by atoms with E-state index in [2.05, 4.69) is 0 Å². The Morgan fingerprint density at radius 3 is 1.15 bits per heavy atom. The topological polar surface area (TPSA) is 0 Å². The molecule has 0 rings (SSSR count). The predicted molar refractivity (Wildman–Crippen MR) is 75.9 cm³/mol. The van der Waals surface area contributed by atoms with E-state index in [0.717, 1.165) is 0 Å². The monoisotopic (exact) mass is 410 g/mol. The van der Waals surface area contributed by atoms with Crippen molar-refractivity contribution >= 4 is 18.4 Å². The van der Waals surface area contributed by atoms with Crippen molar-refractivity contribution in [2.75, 3.05) is 0 Å². The van der Waals surface area contributed by atoms with Crippen molar-refractivity contribution in [2.24, 2.45) is 0 Å². The number of alkyl halides is 5. The van der Waals surface area contributed by atoms with E-state index in [1.807, 2.05) is 20.8 Å². The van der Waals surface area contributed by atoms with Crippen molar-refractivity contribution in [3.63, 3.8) is 0 Å². The molecule has 0 fully saturated rings. The van der Waals surface area contributed by atoms with Crippen LogP contribution in [-0.2, 0) is 0 Å². The molecule has 0 aliphatic heterocycles. The number of rotatable bonds is 10. The second-order valence-electron chi connectivity index (χ2n) is 5.66. The molecule has 0 saturated heterocycles. The summed E-state index contributed by atoms with van der Waals surface area (Å²) in [4.78, 5) is 0. The summed E-state index contributed by atoms with van der Waals surface area (Å²) in [5, 5.41) is 0. The van der Waals surface area contributed by atoms with E-state index in [1.54, 1.807) is 0 Å². The Hall–Kier alpha value is 0.449. The minimum absolute atomic E-state index is 0.164. The number of halogens is 5. The first-order chi connectivity index (χ1) is 9.18. The van der Waals surface area contributed by atoms with Gasteiger partial charge in [0.15, 0.2) is 0 Å². The van der Waals surface area contributed by atoms with E-state index in [9.17, 15) is 22.0 Å². The van der Waals surface area contributed by atoms with Crippen molar-refractivity contribution in [1.82, 2.24) is 0 Å². The molecule has 0 heterocycles. The molecule has 0 saturated carbocycles. The van der Waals surface area contributed by atoms with Crippen LogP contribution in [0.25, 0.3) is 0 Å². The first kappa shape index (κ1) is 20.4. The molecule has 6 heteroatoms. The van der Waals surface area contributed by atoms with Gasteiger partial charge in [0.25, 0.3) is 0 Å². The summed E-state index contributed by atoms with van der Waals surface area (Å²) in [6.45, 7) is 5.55. The number of hydrogen-bond donors (Lipinski definition) is 0. The summed E-state index contributed by atoms with van der Waals surface area (Å²) in [5.74, 6) is 0. The quantitative estimate of drug-likeness (QED) is 0.283. The zero-order valence-electron chi connectivity index (χ0n) is 12.8. The zero-order valence-corrected chi connectivity index (χ0v) is 15.6. The van der Waals surface area contributed by atoms with Gasteiger partial charge in [0.2, 0.25) is 0 Å². The average molecular weight is 409 g/mol. The average Bonchev–Trinajstić information content (AvgIpc) is 2.36. The minimum atomic E-state index is -5.36. The maximum atomic E-state index is 14.2. The van der Waals surface area contributed by atoms with Gasteiger partial charge in [-0.15, -0.1) is 0 Å². The van der Waals surface area contributed by atoms with Crippen molar-refractivity contribution in [1.29, 1.82) is 0 Å². The van der Waals surface area contributed by atoms with Crippen LogP contribution in [0, 0.1) is 0 Å². The molecule has 0 aliphatic carbocycles. The molecule has 0 N–H and O–H groups in total. The van der Waals surface area contributed by atoms with Crippen LogP contribution in [0.2, 0.25) is 13.3 Å². The zero-order chi connectivity index (χ0) is 15.9. The van der Waals surface area contributed by atoms with Crippen LogP contribution in [0.3, 0.4) is 0 Å². The second-order valence-corrected chi connectivity index (χ2v) is 19.0. The van der Waals surface area contributed by atoms with Crippen LogP contribution in [0.4, 0.5) is 22.0 Å². The Morgan fingerprint density at radius 1 is 0.650 bits per heavy atom. The van der Waals surface area contributed by atoms with Crippen LogP contribution in [0.15, 0.2) is 0 Å². The van der Waals surface area contributed by atoms with Crippen LogP contribution in [0.1, 0.15) is 59.3 Å². The fraction of sp³-hybridized carbons (Fsp3) is 1.00. The van der Waals surface area contributed by atoms with Gasteiger partial charge in [0.05, 0.1) is 0 Å². The molecule has 0 aromatic carbocycles. The van der Waals surface area contributed by atoms with Gasteiger partial charge in [-0.3, -0.25) is 0 Å². The third kappa shape index (κ3) is 5.02. The molecular formula is C14H27F5Sn. The Morgan fingerprint density at radius 2 is 0.950 bits per heavy atom. The van der Waals surface area contributed by atoms with Crippen molar-refractivity contribution in [2.45, 2.75) is 82.7 Å². The van der Waals surface area contributed by atoms with E-state index in [-0.39, 0.29) is 13.3 Å². The molecule has 0 aromatic rings. The molecule has 0 aliphatic rings. The third-order valence-electron chi connectivity index (χ3n) is 4.05. The summed E-state index contributed by atoms with van der Waals surface area (Å²) < 4.78 is 63.2. The Kier molecular flexibility index (Phi) is 8.98. The standard InChI is InChI=1S/3C4H9.C2F5.Sn/c3*1-3-4-2;3-1(4)2(5,6)7;/h3*1,3-4H2,2H3;;. The Balaban J connectivity index is 5.43. The first-order valence-electron chi connectivity index (χ1n) is 7.63. The first-order valence-corrected chi connectivity index (χ1v) is 15.1. The van der Waals surface area contributed by atoms with E-state index in [4.69, 9.17) is 0 Å². The SMILES string of the molecule is CCC[CH2][Sn]([CH2]CCC)([CH2]CCC)[C](F)(F)C(F)(F)F. The number of unbranched alkanes of at least 4 members (excludes halogenated alkanes) is 3. The van der Waals surface area contributed by atoms with E-state index in [1.165, 1.54) is 0 Å². The summed E-state index contributed by atoms with van der Waals surface area (Å²) in [5.41, 5.74) is 0. The summed E-state index contributed by atoms with van der Waals surface area (Å²) in [6.07, 6.45) is -1.78. The van der Waals surface area contributed by atoms with Gasteiger partial charge in [-0.25, -0.2) is 0 Å². The van der Waals surface area contributed by atoms with E-state index in [0.29, 0.717) is 38.5 Å². The summed E-state index contributed by atoms with van der Waals surface area (Å²) >= 11 is -4.58. The molecule has 20 heavy (non-hydrogen) atoms. The molecule has 0 aromatic heterocycles. The van der Waals surface area contributed by atoms with E-state index >= 15 is 0 Å². The molecule has 0 atom stereocenters. The van der Waals surface area contributed by atoms with Gasteiger partial charge in [0.1, 0.15) is 0 Å². The van der Waals surface area contributed by atoms with E-state index < -0.39 is 28.5 Å². The molecule has 0 amide bonds. The van der Waals surface area contributed by atoms with Gasteiger partial charge in [-0.1, -0.05) is 0 Å². The van der Waals surface area contributed by atoms with Gasteiger partial charge in [-0.05, 0) is 0 Å². The van der Waals surface area contributed by atoms with Crippen molar-refractivity contribution in [3.05, 3.63) is 0 Å². The third-order valence-corrected chi connectivity index (χ3v) is 19.9. The summed E-state index contributed by atoms with van der Waals surface area (Å²) in [7, 11) is 0. The van der Waals surface area contributed by atoms with Gasteiger partial charge in [-0.2, -0.15) is 0 Å². The molecule has 122 valence electrons.